The van der Waals surface area contributed by atoms with E-state index in [2.05, 4.69) is 46.7 Å². The van der Waals surface area contributed by atoms with E-state index in [1.165, 1.54) is 35.0 Å². The highest BCUT2D eigenvalue weighted by atomic mass is 32.1. The third kappa shape index (κ3) is 10.6. The number of carbonyl (C=O) groups is 3. The number of carbonyl (C=O) groups excluding carboxylic acids is 3. The van der Waals surface area contributed by atoms with E-state index in [1.54, 1.807) is 84.7 Å². The number of anilines is 3. The van der Waals surface area contributed by atoms with Crippen LogP contribution in [-0.2, 0) is 42.8 Å². The molecule has 0 radical (unpaired) electrons. The molecule has 0 atom stereocenters. The summed E-state index contributed by atoms with van der Waals surface area (Å²) in [6.45, 7) is 3.61. The van der Waals surface area contributed by atoms with Gasteiger partial charge in [-0.25, -0.2) is 14.6 Å². The molecule has 10 rings (SSSR count). The van der Waals surface area contributed by atoms with Crippen LogP contribution in [0.5, 0.6) is 23.0 Å². The normalized spacial score (nSPS) is 13.0. The lowest BCUT2D eigenvalue weighted by Gasteiger charge is -2.36. The zero-order valence-electron chi connectivity index (χ0n) is 39.8. The molecule has 0 fully saturated rings. The fourth-order valence-electron chi connectivity index (χ4n) is 8.59. The molecule has 8 aromatic rings. The molecule has 1 spiro atoms. The Bertz CT molecular complexity index is 3330. The molecule has 22 nitrogen and oxygen atoms in total. The number of rotatable bonds is 20. The number of ether oxygens (including phenoxy) is 5. The van der Waals surface area contributed by atoms with Crippen molar-refractivity contribution in [3.8, 4) is 34.6 Å². The fraction of sp³-hybridized carbons (Fsp3) is 0.255. The Morgan fingerprint density at radius 2 is 1.41 bits per heavy atom. The number of fused-ring (bicyclic) bond motifs is 9. The van der Waals surface area contributed by atoms with E-state index in [1.807, 2.05) is 0 Å². The highest BCUT2D eigenvalue weighted by molar-refractivity contribution is 7.80. The lowest BCUT2D eigenvalue weighted by molar-refractivity contribution is -0.120. The molecule has 0 saturated carbocycles. The molecular weight excluding hydrogens is 975 g/mol. The predicted octanol–water partition coefficient (Wildman–Crippen LogP) is 6.37. The van der Waals surface area contributed by atoms with Gasteiger partial charge in [0.25, 0.3) is 0 Å². The molecular formula is C51H49N11O11S. The first-order valence-electron chi connectivity index (χ1n) is 23.6. The van der Waals surface area contributed by atoms with Crippen LogP contribution in [0.15, 0.2) is 108 Å². The first kappa shape index (κ1) is 49.0. The number of hydrogen-bond donors (Lipinski definition) is 7. The smallest absolute Gasteiger partial charge is 0.340 e. The van der Waals surface area contributed by atoms with Crippen LogP contribution in [0.25, 0.3) is 28.3 Å². The molecule has 380 valence electrons. The Kier molecular flexibility index (Phi) is 14.3. The monoisotopic (exact) mass is 1020 g/mol. The Labute approximate surface area is 426 Å². The maximum atomic E-state index is 13.4. The number of hydrogen-bond acceptors (Lipinski definition) is 16. The van der Waals surface area contributed by atoms with E-state index in [9.17, 15) is 24.6 Å². The summed E-state index contributed by atoms with van der Waals surface area (Å²) >= 11 is 5.51. The summed E-state index contributed by atoms with van der Waals surface area (Å²) in [6.07, 6.45) is 4.79. The quantitative estimate of drug-likeness (QED) is 0.0248. The number of phenolic OH excluding ortho intramolecular Hbond substituents is 2. The number of phenols is 2. The number of aromatic hydroxyl groups is 2. The summed E-state index contributed by atoms with van der Waals surface area (Å²) in [5, 5.41) is 44.9. The highest BCUT2D eigenvalue weighted by Gasteiger charge is 2.53. The summed E-state index contributed by atoms with van der Waals surface area (Å²) in [7, 11) is 1.77. The number of aryl methyl sites for hydroxylation is 1. The van der Waals surface area contributed by atoms with Gasteiger partial charge in [0.05, 0.1) is 50.1 Å². The third-order valence-corrected chi connectivity index (χ3v) is 12.2. The minimum atomic E-state index is -1.34. The second kappa shape index (κ2) is 21.6. The molecule has 4 aromatic carbocycles. The minimum absolute atomic E-state index is 0.0187. The van der Waals surface area contributed by atoms with Crippen molar-refractivity contribution in [2.75, 3.05) is 68.7 Å². The fourth-order valence-corrected chi connectivity index (χ4v) is 8.81. The molecule has 7 N–H and O–H groups in total. The van der Waals surface area contributed by atoms with Crippen molar-refractivity contribution in [2.24, 2.45) is 7.05 Å². The van der Waals surface area contributed by atoms with Gasteiger partial charge < -0.3 is 59.6 Å². The maximum absolute atomic E-state index is 13.4. The molecule has 4 aromatic heterocycles. The molecule has 0 unspecified atom stereocenters. The average Bonchev–Trinajstić information content (AvgIpc) is 4.20. The van der Waals surface area contributed by atoms with Crippen LogP contribution < -0.4 is 31.3 Å². The van der Waals surface area contributed by atoms with Crippen LogP contribution in [0.1, 0.15) is 45.5 Å². The summed E-state index contributed by atoms with van der Waals surface area (Å²) in [6, 6.07) is 24.4. The Morgan fingerprint density at radius 1 is 0.743 bits per heavy atom. The van der Waals surface area contributed by atoms with Gasteiger partial charge in [-0.2, -0.15) is 14.6 Å². The van der Waals surface area contributed by atoms with Crippen molar-refractivity contribution in [2.45, 2.75) is 24.9 Å². The number of benzene rings is 4. The molecule has 2 aliphatic heterocycles. The molecule has 0 aliphatic carbocycles. The van der Waals surface area contributed by atoms with E-state index in [4.69, 9.17) is 40.3 Å². The van der Waals surface area contributed by atoms with Crippen LogP contribution >= 0.6 is 12.2 Å². The minimum Gasteiger partial charge on any atom is -0.508 e. The standard InChI is InChI=1S/C51H49N11O11S/c1-61-29-36-44(59-61)57-48(62-46(36)56-45(60-62)40-5-2-20-71-40)58-49(67)54-31-8-6-30(7-9-31)25-43(65)52-16-3-18-68-21-23-70-24-22-69-19-4-17-53-50(74)55-32-10-13-37-35(26-32)47(66)73-51(37)38-14-11-33(63)27-41(38)72-42-28-34(64)12-15-39(42)51/h2,5-15,20,26-29,63-64H,3-4,16-19,21-25H2,1H3,(H,52,65)(H2,53,55,74)(H2,54,57,58,59,67). The van der Waals surface area contributed by atoms with Crippen molar-refractivity contribution in [3.63, 3.8) is 0 Å². The third-order valence-electron chi connectivity index (χ3n) is 11.9. The van der Waals surface area contributed by atoms with Crippen molar-refractivity contribution < 1.29 is 52.7 Å². The number of thiocarbonyl (C=S) groups is 1. The van der Waals surface area contributed by atoms with Gasteiger partial charge in [-0.1, -0.05) is 18.2 Å². The summed E-state index contributed by atoms with van der Waals surface area (Å²) in [5.74, 6) is 0.809. The predicted molar refractivity (Wildman–Crippen MR) is 272 cm³/mol. The molecule has 6 heterocycles. The maximum Gasteiger partial charge on any atom is 0.340 e. The van der Waals surface area contributed by atoms with E-state index < -0.39 is 17.6 Å². The molecule has 74 heavy (non-hydrogen) atoms. The van der Waals surface area contributed by atoms with Crippen molar-refractivity contribution in [3.05, 3.63) is 131 Å². The zero-order chi connectivity index (χ0) is 51.2. The van der Waals surface area contributed by atoms with Crippen LogP contribution in [0.2, 0.25) is 0 Å². The summed E-state index contributed by atoms with van der Waals surface area (Å²) in [5.41, 5.74) is 3.39. The molecule has 3 amide bonds. The van der Waals surface area contributed by atoms with Gasteiger partial charge in [0.2, 0.25) is 17.7 Å². The van der Waals surface area contributed by atoms with Gasteiger partial charge in [-0.15, -0.1) is 5.10 Å². The summed E-state index contributed by atoms with van der Waals surface area (Å²) < 4.78 is 37.6. The number of amides is 3. The molecule has 0 saturated heterocycles. The van der Waals surface area contributed by atoms with Crippen LogP contribution in [-0.4, -0.2) is 115 Å². The van der Waals surface area contributed by atoms with E-state index in [-0.39, 0.29) is 29.8 Å². The first-order valence-corrected chi connectivity index (χ1v) is 24.0. The number of nitrogens with one attached hydrogen (secondary N) is 5. The number of aromatic nitrogens is 6. The lowest BCUT2D eigenvalue weighted by Crippen LogP contribution is -2.33. The van der Waals surface area contributed by atoms with E-state index in [0.717, 1.165) is 5.56 Å². The first-order chi connectivity index (χ1) is 36.0. The number of urea groups is 1. The van der Waals surface area contributed by atoms with Gasteiger partial charge in [-0.05, 0) is 91.3 Å². The van der Waals surface area contributed by atoms with Gasteiger partial charge in [0, 0.05) is 79.7 Å². The summed E-state index contributed by atoms with van der Waals surface area (Å²) in [4.78, 5) is 48.1. The van der Waals surface area contributed by atoms with Gasteiger partial charge in [0.1, 0.15) is 23.0 Å². The number of furan rings is 1. The van der Waals surface area contributed by atoms with Gasteiger partial charge in [-0.3, -0.25) is 14.8 Å². The molecule has 0 bridgehead atoms. The zero-order valence-corrected chi connectivity index (χ0v) is 40.6. The lowest BCUT2D eigenvalue weighted by atomic mass is 9.77. The Morgan fingerprint density at radius 3 is 2.09 bits per heavy atom. The van der Waals surface area contributed by atoms with E-state index >= 15 is 0 Å². The Balaban J connectivity index is 0.562. The SMILES string of the molecule is Cn1cc2c(nc(NC(=O)Nc3ccc(CC(=O)NCCCOCCOCCOCCCNC(=S)Nc4ccc5c(c4)C(=O)OC54c5ccc(O)cc5Oc5cc(O)ccc54)cc3)n3nc(-c4ccco4)nc23)n1. The molecule has 2 aliphatic rings. The van der Waals surface area contributed by atoms with E-state index in [0.29, 0.717) is 144 Å². The number of esters is 1. The largest absolute Gasteiger partial charge is 0.508 e. The van der Waals surface area contributed by atoms with Crippen LogP contribution in [0.3, 0.4) is 0 Å². The highest BCUT2D eigenvalue weighted by Crippen LogP contribution is 2.57. The van der Waals surface area contributed by atoms with Crippen molar-refractivity contribution >= 4 is 69.2 Å². The topological polar surface area (TPSA) is 272 Å². The Hall–Kier alpha value is -8.64. The molecule has 23 heteroatoms. The van der Waals surface area contributed by atoms with Gasteiger partial charge >= 0.3 is 12.0 Å². The second-order valence-corrected chi connectivity index (χ2v) is 17.6. The average molecular weight is 1020 g/mol. The van der Waals surface area contributed by atoms with Crippen LogP contribution in [0, 0.1) is 0 Å². The number of nitrogens with zero attached hydrogens (tertiary/aromatic N) is 6. The van der Waals surface area contributed by atoms with Crippen molar-refractivity contribution in [1.29, 1.82) is 0 Å². The van der Waals surface area contributed by atoms with Gasteiger partial charge in [0.15, 0.2) is 27.8 Å². The second-order valence-electron chi connectivity index (χ2n) is 17.1. The van der Waals surface area contributed by atoms with Crippen molar-refractivity contribution in [1.82, 2.24) is 40.0 Å². The van der Waals surface area contributed by atoms with Crippen LogP contribution in [0.4, 0.5) is 22.1 Å².